The highest BCUT2D eigenvalue weighted by Gasteiger charge is 2.09. The summed E-state index contributed by atoms with van der Waals surface area (Å²) in [5.74, 6) is -0.899. The Kier molecular flexibility index (Phi) is 5.70. The molecule has 3 nitrogen and oxygen atoms in total. The van der Waals surface area contributed by atoms with Crippen molar-refractivity contribution in [2.75, 3.05) is 0 Å². The summed E-state index contributed by atoms with van der Waals surface area (Å²) >= 11 is 2.60. The molecule has 0 aromatic rings. The number of carbonyl (C=O) groups is 1. The molecule has 0 heterocycles. The van der Waals surface area contributed by atoms with Gasteiger partial charge in [0.1, 0.15) is 22.3 Å². The van der Waals surface area contributed by atoms with Crippen LogP contribution in [0.2, 0.25) is 5.28 Å². The minimum absolute atomic E-state index is 0.587. The van der Waals surface area contributed by atoms with E-state index >= 15 is 0 Å². The molecule has 2 radical (unpaired) electrons. The summed E-state index contributed by atoms with van der Waals surface area (Å²) in [5.41, 5.74) is 5.25. The number of carboxylic acids is 1. The molecule has 0 aromatic carbocycles. The molecular formula is C6H12AlNO2. The normalized spacial score (nSPS) is 12.9. The van der Waals surface area contributed by atoms with Gasteiger partial charge < -0.3 is 10.8 Å². The molecule has 0 aliphatic rings. The molecule has 0 saturated heterocycles. The third-order valence-electron chi connectivity index (χ3n) is 1.29. The standard InChI is InChI=1S/C6H12NO2.Al/c1-2-3-4-5(7)6(8)9;/h5H,1-4,7H2,(H,8,9);/t5-;/m0./s1. The highest BCUT2D eigenvalue weighted by molar-refractivity contribution is 6.08. The van der Waals surface area contributed by atoms with E-state index < -0.39 is 12.0 Å². The van der Waals surface area contributed by atoms with Crippen molar-refractivity contribution < 1.29 is 9.90 Å². The fourth-order valence-corrected chi connectivity index (χ4v) is 0.921. The first-order valence-corrected chi connectivity index (χ1v) is 4.18. The molecule has 0 fully saturated rings. The second kappa shape index (κ2) is 5.73. The minimum Gasteiger partial charge on any atom is -0.480 e. The van der Waals surface area contributed by atoms with E-state index in [1.165, 1.54) is 0 Å². The lowest BCUT2D eigenvalue weighted by Crippen LogP contribution is -2.29. The van der Waals surface area contributed by atoms with Crippen molar-refractivity contribution in [3.05, 3.63) is 0 Å². The molecule has 0 amide bonds. The van der Waals surface area contributed by atoms with Gasteiger partial charge in [0.25, 0.3) is 0 Å². The van der Waals surface area contributed by atoms with Crippen LogP contribution < -0.4 is 5.73 Å². The molecule has 0 spiro atoms. The molecule has 0 aromatic heterocycles. The minimum atomic E-state index is -0.899. The first kappa shape index (κ1) is 9.96. The van der Waals surface area contributed by atoms with E-state index in [1.54, 1.807) is 0 Å². The van der Waals surface area contributed by atoms with E-state index in [2.05, 4.69) is 16.3 Å². The van der Waals surface area contributed by atoms with Gasteiger partial charge in [0.05, 0.1) is 0 Å². The van der Waals surface area contributed by atoms with Crippen molar-refractivity contribution in [2.45, 2.75) is 30.6 Å². The van der Waals surface area contributed by atoms with Crippen LogP contribution in [0.5, 0.6) is 0 Å². The number of unbranched alkanes of at least 4 members (excludes halogenated alkanes) is 1. The molecule has 4 heteroatoms. The molecule has 10 heavy (non-hydrogen) atoms. The van der Waals surface area contributed by atoms with Gasteiger partial charge in [-0.2, -0.15) is 0 Å². The molecular weight excluding hydrogens is 145 g/mol. The van der Waals surface area contributed by atoms with Crippen LogP contribution in [-0.4, -0.2) is 33.4 Å². The average molecular weight is 157 g/mol. The number of carboxylic acid groups (broad SMARTS) is 1. The largest absolute Gasteiger partial charge is 0.480 e. The summed E-state index contributed by atoms with van der Waals surface area (Å²) in [4.78, 5) is 10.2. The highest BCUT2D eigenvalue weighted by atomic mass is 27.0. The summed E-state index contributed by atoms with van der Waals surface area (Å²) in [7, 11) is 0. The average Bonchev–Trinajstić information content (AvgIpc) is 1.88. The summed E-state index contributed by atoms with van der Waals surface area (Å²) in [6.45, 7) is 0. The summed E-state index contributed by atoms with van der Waals surface area (Å²) in [6.07, 6.45) is 2.52. The lowest BCUT2D eigenvalue weighted by Gasteiger charge is -2.03. The number of hydrogen-bond acceptors (Lipinski definition) is 2. The maximum absolute atomic E-state index is 10.2. The van der Waals surface area contributed by atoms with Gasteiger partial charge in [-0.3, -0.25) is 4.79 Å². The molecule has 3 N–H and O–H groups in total. The van der Waals surface area contributed by atoms with E-state index in [1.807, 2.05) is 0 Å². The lowest BCUT2D eigenvalue weighted by atomic mass is 10.1. The Morgan fingerprint density at radius 2 is 2.20 bits per heavy atom. The van der Waals surface area contributed by atoms with Crippen LogP contribution in [0.3, 0.4) is 0 Å². The van der Waals surface area contributed by atoms with Crippen LogP contribution in [0.1, 0.15) is 19.3 Å². The zero-order chi connectivity index (χ0) is 7.98. The van der Waals surface area contributed by atoms with E-state index in [-0.39, 0.29) is 0 Å². The summed E-state index contributed by atoms with van der Waals surface area (Å²) in [6, 6.07) is -0.670. The van der Waals surface area contributed by atoms with Crippen LogP contribution in [0.4, 0.5) is 0 Å². The maximum Gasteiger partial charge on any atom is 0.320 e. The molecule has 0 bridgehead atoms. The zero-order valence-electron chi connectivity index (χ0n) is 5.92. The van der Waals surface area contributed by atoms with Gasteiger partial charge in [0, 0.05) is 0 Å². The molecule has 56 valence electrons. The Morgan fingerprint density at radius 1 is 1.60 bits per heavy atom. The SMILES string of the molecule is N[C@@H](CCC[CH2][Al])C(=O)O. The lowest BCUT2D eigenvalue weighted by molar-refractivity contribution is -0.138. The Bertz CT molecular complexity index is 108. The van der Waals surface area contributed by atoms with Crippen LogP contribution in [0.25, 0.3) is 0 Å². The fourth-order valence-electron chi connectivity index (χ4n) is 0.632. The predicted octanol–water partition coefficient (Wildman–Crippen LogP) is 0.155. The monoisotopic (exact) mass is 157 g/mol. The Morgan fingerprint density at radius 3 is 2.60 bits per heavy atom. The van der Waals surface area contributed by atoms with Crippen molar-refractivity contribution in [1.82, 2.24) is 0 Å². The number of aliphatic carboxylic acids is 1. The molecule has 0 saturated carbocycles. The maximum atomic E-state index is 10.2. The predicted molar refractivity (Wildman–Crippen MR) is 40.0 cm³/mol. The molecule has 0 unspecified atom stereocenters. The van der Waals surface area contributed by atoms with Crippen molar-refractivity contribution in [3.63, 3.8) is 0 Å². The smallest absolute Gasteiger partial charge is 0.320 e. The van der Waals surface area contributed by atoms with Crippen molar-refractivity contribution >= 4 is 22.3 Å². The fraction of sp³-hybridized carbons (Fsp3) is 0.833. The number of rotatable bonds is 5. The van der Waals surface area contributed by atoms with Crippen molar-refractivity contribution in [3.8, 4) is 0 Å². The van der Waals surface area contributed by atoms with Crippen molar-refractivity contribution in [1.29, 1.82) is 0 Å². The molecule has 0 aliphatic heterocycles. The first-order valence-electron chi connectivity index (χ1n) is 3.37. The number of nitrogens with two attached hydrogens (primary N) is 1. The van der Waals surface area contributed by atoms with Gasteiger partial charge in [-0.15, -0.1) is 5.28 Å². The van der Waals surface area contributed by atoms with Gasteiger partial charge in [-0.05, 0) is 6.42 Å². The topological polar surface area (TPSA) is 63.3 Å². The Labute approximate surface area is 69.0 Å². The Hall–Kier alpha value is -0.0375. The first-order chi connectivity index (χ1) is 4.68. The Balaban J connectivity index is 3.21. The second-order valence-corrected chi connectivity index (χ2v) is 2.81. The zero-order valence-corrected chi connectivity index (χ0v) is 7.07. The highest BCUT2D eigenvalue weighted by Crippen LogP contribution is 2.00. The quantitative estimate of drug-likeness (QED) is 0.441. The van der Waals surface area contributed by atoms with Gasteiger partial charge >= 0.3 is 5.97 Å². The van der Waals surface area contributed by atoms with Gasteiger partial charge in [-0.25, -0.2) is 0 Å². The van der Waals surface area contributed by atoms with Crippen LogP contribution in [0, 0.1) is 0 Å². The van der Waals surface area contributed by atoms with E-state index in [9.17, 15) is 4.79 Å². The van der Waals surface area contributed by atoms with Crippen LogP contribution in [0.15, 0.2) is 0 Å². The van der Waals surface area contributed by atoms with E-state index in [4.69, 9.17) is 10.8 Å². The van der Waals surface area contributed by atoms with E-state index in [0.717, 1.165) is 18.1 Å². The van der Waals surface area contributed by atoms with E-state index in [0.29, 0.717) is 6.42 Å². The van der Waals surface area contributed by atoms with Gasteiger partial charge in [-0.1, -0.05) is 12.8 Å². The van der Waals surface area contributed by atoms with Crippen molar-refractivity contribution in [2.24, 2.45) is 5.73 Å². The molecule has 1 atom stereocenters. The van der Waals surface area contributed by atoms with Crippen LogP contribution in [-0.2, 0) is 4.79 Å². The van der Waals surface area contributed by atoms with Gasteiger partial charge in [0.15, 0.2) is 0 Å². The molecule has 0 rings (SSSR count). The van der Waals surface area contributed by atoms with Gasteiger partial charge in [0.2, 0.25) is 0 Å². The third-order valence-corrected chi connectivity index (χ3v) is 1.69. The molecule has 0 aliphatic carbocycles. The third kappa shape index (κ3) is 4.81. The number of hydrogen-bond donors (Lipinski definition) is 2. The second-order valence-electron chi connectivity index (χ2n) is 2.23. The summed E-state index contributed by atoms with van der Waals surface area (Å²) < 4.78 is 0. The van der Waals surface area contributed by atoms with Crippen LogP contribution >= 0.6 is 0 Å². The summed E-state index contributed by atoms with van der Waals surface area (Å²) in [5, 5.41) is 9.37.